The van der Waals surface area contributed by atoms with Gasteiger partial charge >= 0.3 is 0 Å². The van der Waals surface area contributed by atoms with Gasteiger partial charge in [-0.15, -0.1) is 0 Å². The number of aromatic amines is 1. The maximum Gasteiger partial charge on any atom is 0.261 e. The fourth-order valence-corrected chi connectivity index (χ4v) is 5.62. The van der Waals surface area contributed by atoms with E-state index in [1.165, 1.54) is 29.3 Å². The van der Waals surface area contributed by atoms with Crippen LogP contribution in [0.25, 0.3) is 10.9 Å². The van der Waals surface area contributed by atoms with Crippen LogP contribution in [0.2, 0.25) is 0 Å². The lowest BCUT2D eigenvalue weighted by atomic mass is 9.93. The third kappa shape index (κ3) is 4.79. The summed E-state index contributed by atoms with van der Waals surface area (Å²) in [6, 6.07) is 20.5. The van der Waals surface area contributed by atoms with E-state index >= 15 is 0 Å². The zero-order valence-corrected chi connectivity index (χ0v) is 20.1. The molecule has 180 valence electrons. The summed E-state index contributed by atoms with van der Waals surface area (Å²) in [4.78, 5) is 18.3. The van der Waals surface area contributed by atoms with Crippen LogP contribution in [0.4, 0.5) is 10.1 Å². The molecule has 5 rings (SSSR count). The van der Waals surface area contributed by atoms with Crippen molar-refractivity contribution in [3.05, 3.63) is 95.4 Å². The van der Waals surface area contributed by atoms with Gasteiger partial charge in [0.05, 0.1) is 4.90 Å². The number of likely N-dealkylation sites (tertiary alicyclic amines) is 1. The topological polar surface area (TPSA) is 82.3 Å². The highest BCUT2D eigenvalue weighted by molar-refractivity contribution is 7.92. The molecule has 0 unspecified atom stereocenters. The van der Waals surface area contributed by atoms with Crippen LogP contribution in [0.5, 0.6) is 0 Å². The number of anilines is 1. The number of hydrogen-bond acceptors (Lipinski definition) is 3. The predicted octanol–water partition coefficient (Wildman–Crippen LogP) is 5.44. The summed E-state index contributed by atoms with van der Waals surface area (Å²) < 4.78 is 41.7. The van der Waals surface area contributed by atoms with Crippen LogP contribution in [0, 0.1) is 12.7 Å². The molecule has 1 saturated heterocycles. The number of fused-ring (bicyclic) bond motifs is 1. The first-order valence-corrected chi connectivity index (χ1v) is 13.0. The number of aromatic nitrogens is 1. The van der Waals surface area contributed by atoms with Gasteiger partial charge < -0.3 is 9.88 Å². The molecule has 1 aliphatic rings. The van der Waals surface area contributed by atoms with Gasteiger partial charge in [-0.25, -0.2) is 12.8 Å². The second-order valence-corrected chi connectivity index (χ2v) is 10.7. The molecule has 0 spiro atoms. The number of rotatable bonds is 5. The molecule has 1 fully saturated rings. The number of H-pyrrole nitrogens is 1. The number of carbonyl (C=O) groups excluding carboxylic acids is 1. The Morgan fingerprint density at radius 2 is 1.77 bits per heavy atom. The van der Waals surface area contributed by atoms with E-state index in [0.29, 0.717) is 30.1 Å². The van der Waals surface area contributed by atoms with E-state index in [4.69, 9.17) is 0 Å². The Balaban J connectivity index is 1.26. The van der Waals surface area contributed by atoms with E-state index in [-0.39, 0.29) is 16.5 Å². The van der Waals surface area contributed by atoms with Crippen LogP contribution in [-0.4, -0.2) is 37.3 Å². The molecule has 35 heavy (non-hydrogen) atoms. The number of benzene rings is 3. The lowest BCUT2D eigenvalue weighted by Crippen LogP contribution is -2.38. The minimum Gasteiger partial charge on any atom is -0.358 e. The highest BCUT2D eigenvalue weighted by Crippen LogP contribution is 2.30. The summed E-state index contributed by atoms with van der Waals surface area (Å²) in [6.07, 6.45) is 1.70. The van der Waals surface area contributed by atoms with Crippen LogP contribution in [-0.2, 0) is 10.0 Å². The fourth-order valence-electron chi connectivity index (χ4n) is 4.56. The van der Waals surface area contributed by atoms with Crippen molar-refractivity contribution in [1.29, 1.82) is 0 Å². The lowest BCUT2D eigenvalue weighted by Gasteiger charge is -2.31. The van der Waals surface area contributed by atoms with E-state index in [9.17, 15) is 17.6 Å². The Morgan fingerprint density at radius 3 is 2.51 bits per heavy atom. The first-order valence-electron chi connectivity index (χ1n) is 11.6. The molecule has 8 heteroatoms. The number of nitrogens with one attached hydrogen (secondary N) is 2. The van der Waals surface area contributed by atoms with Crippen molar-refractivity contribution in [2.75, 3.05) is 17.8 Å². The second kappa shape index (κ2) is 9.19. The van der Waals surface area contributed by atoms with Crippen LogP contribution in [0.15, 0.2) is 77.7 Å². The Hall–Kier alpha value is -3.65. The van der Waals surface area contributed by atoms with Gasteiger partial charge in [0.25, 0.3) is 15.9 Å². The van der Waals surface area contributed by atoms with Gasteiger partial charge in [0.1, 0.15) is 5.82 Å². The fraction of sp³-hybridized carbons (Fsp3) is 0.222. The van der Waals surface area contributed by atoms with Crippen molar-refractivity contribution in [3.8, 4) is 0 Å². The monoisotopic (exact) mass is 491 g/mol. The molecule has 0 atom stereocenters. The van der Waals surface area contributed by atoms with Gasteiger partial charge in [0.15, 0.2) is 0 Å². The predicted molar refractivity (Wildman–Crippen MR) is 135 cm³/mol. The molecule has 1 amide bonds. The van der Waals surface area contributed by atoms with Gasteiger partial charge in [0.2, 0.25) is 0 Å². The summed E-state index contributed by atoms with van der Waals surface area (Å²) in [7, 11) is -3.99. The van der Waals surface area contributed by atoms with Crippen molar-refractivity contribution in [1.82, 2.24) is 9.88 Å². The minimum absolute atomic E-state index is 0.137. The Bertz CT molecular complexity index is 1470. The summed E-state index contributed by atoms with van der Waals surface area (Å²) >= 11 is 0. The Morgan fingerprint density at radius 1 is 1.00 bits per heavy atom. The Labute approximate surface area is 203 Å². The largest absolute Gasteiger partial charge is 0.358 e. The maximum atomic E-state index is 13.9. The number of amides is 1. The zero-order chi connectivity index (χ0) is 24.6. The SMILES string of the molecule is Cc1ccc(S(=O)(=O)Nc2cccc(C(=O)N3CCC(c4cc5ccccc5[nH]4)CC3)c2)cc1F. The van der Waals surface area contributed by atoms with Crippen molar-refractivity contribution >= 4 is 32.5 Å². The normalized spacial score (nSPS) is 14.9. The van der Waals surface area contributed by atoms with E-state index in [1.807, 2.05) is 17.0 Å². The van der Waals surface area contributed by atoms with E-state index in [0.717, 1.165) is 24.4 Å². The molecule has 1 aliphatic heterocycles. The van der Waals surface area contributed by atoms with Crippen molar-refractivity contribution in [3.63, 3.8) is 0 Å². The molecule has 0 aliphatic carbocycles. The van der Waals surface area contributed by atoms with Gasteiger partial charge in [-0.3, -0.25) is 9.52 Å². The summed E-state index contributed by atoms with van der Waals surface area (Å²) in [5.74, 6) is -0.366. The van der Waals surface area contributed by atoms with Crippen LogP contribution in [0.3, 0.4) is 0 Å². The number of nitrogens with zero attached hydrogens (tertiary/aromatic N) is 1. The molecule has 0 radical (unpaired) electrons. The first-order chi connectivity index (χ1) is 16.8. The standard InChI is InChI=1S/C27H26FN3O3S/c1-18-9-10-23(17-24(18)28)35(33,34)30-22-7-4-6-21(15-22)27(32)31-13-11-19(12-14-31)26-16-20-5-2-3-8-25(20)29-26/h2-10,15-17,19,29-30H,11-14H2,1H3. The van der Waals surface area contributed by atoms with Crippen LogP contribution >= 0.6 is 0 Å². The molecule has 2 heterocycles. The maximum absolute atomic E-state index is 13.9. The summed E-state index contributed by atoms with van der Waals surface area (Å²) in [5.41, 5.74) is 3.34. The summed E-state index contributed by atoms with van der Waals surface area (Å²) in [5, 5.41) is 1.19. The molecule has 6 nitrogen and oxygen atoms in total. The van der Waals surface area contributed by atoms with Crippen LogP contribution < -0.4 is 4.72 Å². The third-order valence-electron chi connectivity index (χ3n) is 6.59. The van der Waals surface area contributed by atoms with E-state index in [1.54, 1.807) is 25.1 Å². The smallest absolute Gasteiger partial charge is 0.261 e. The van der Waals surface area contributed by atoms with E-state index < -0.39 is 15.8 Å². The van der Waals surface area contributed by atoms with Gasteiger partial charge in [0, 0.05) is 41.5 Å². The molecule has 3 aromatic carbocycles. The molecule has 4 aromatic rings. The molecular formula is C27H26FN3O3S. The van der Waals surface area contributed by atoms with Crippen molar-refractivity contribution in [2.24, 2.45) is 0 Å². The average molecular weight is 492 g/mol. The molecular weight excluding hydrogens is 465 g/mol. The molecule has 0 bridgehead atoms. The third-order valence-corrected chi connectivity index (χ3v) is 7.97. The van der Waals surface area contributed by atoms with Gasteiger partial charge in [-0.1, -0.05) is 30.3 Å². The van der Waals surface area contributed by atoms with Crippen molar-refractivity contribution < 1.29 is 17.6 Å². The Kier molecular flexibility index (Phi) is 6.06. The second-order valence-electron chi connectivity index (χ2n) is 8.98. The molecule has 0 saturated carbocycles. The number of hydrogen-bond donors (Lipinski definition) is 2. The molecule has 2 N–H and O–H groups in total. The number of para-hydroxylation sites is 1. The van der Waals surface area contributed by atoms with Gasteiger partial charge in [-0.05, 0) is 73.2 Å². The van der Waals surface area contributed by atoms with Gasteiger partial charge in [-0.2, -0.15) is 0 Å². The quantitative estimate of drug-likeness (QED) is 0.390. The number of halogens is 1. The van der Waals surface area contributed by atoms with Crippen molar-refractivity contribution in [2.45, 2.75) is 30.6 Å². The summed E-state index contributed by atoms with van der Waals surface area (Å²) in [6.45, 7) is 2.81. The molecule has 1 aromatic heterocycles. The number of sulfonamides is 1. The highest BCUT2D eigenvalue weighted by atomic mass is 32.2. The number of aryl methyl sites for hydroxylation is 1. The lowest BCUT2D eigenvalue weighted by molar-refractivity contribution is 0.0712. The minimum atomic E-state index is -3.99. The van der Waals surface area contributed by atoms with E-state index in [2.05, 4.69) is 27.9 Å². The highest BCUT2D eigenvalue weighted by Gasteiger charge is 2.26. The average Bonchev–Trinajstić information content (AvgIpc) is 3.29. The number of carbonyl (C=O) groups is 1. The first kappa shape index (κ1) is 23.1. The zero-order valence-electron chi connectivity index (χ0n) is 19.3. The number of piperidine rings is 1. The van der Waals surface area contributed by atoms with Crippen LogP contribution in [0.1, 0.15) is 40.4 Å².